The molecule has 0 spiro atoms. The van der Waals surface area contributed by atoms with Crippen molar-refractivity contribution in [2.45, 2.75) is 37.5 Å². The Kier molecular flexibility index (Phi) is 3.30. The maximum absolute atomic E-state index is 11.9. The van der Waals surface area contributed by atoms with Crippen LogP contribution in [0.2, 0.25) is 0 Å². The lowest BCUT2D eigenvalue weighted by Gasteiger charge is -2.33. The summed E-state index contributed by atoms with van der Waals surface area (Å²) in [5, 5.41) is 9.74. The predicted octanol–water partition coefficient (Wildman–Crippen LogP) is 3.16. The number of imidazole rings is 1. The second-order valence-corrected chi connectivity index (χ2v) is 5.47. The number of hydrogen-bond acceptors (Lipinski definition) is 2. The first-order valence-corrected chi connectivity index (χ1v) is 7.05. The molecule has 104 valence electrons. The van der Waals surface area contributed by atoms with E-state index in [1.54, 1.807) is 12.5 Å². The Bertz CT molecular complexity index is 599. The maximum atomic E-state index is 11.9. The largest absolute Gasteiger partial charge is 0.481 e. The van der Waals surface area contributed by atoms with Gasteiger partial charge in [-0.05, 0) is 30.5 Å². The lowest BCUT2D eigenvalue weighted by atomic mass is 9.69. The molecule has 1 N–H and O–H groups in total. The average molecular weight is 270 g/mol. The summed E-state index contributed by atoms with van der Waals surface area (Å²) < 4.78 is 1.90. The Morgan fingerprint density at radius 1 is 1.25 bits per heavy atom. The van der Waals surface area contributed by atoms with Gasteiger partial charge in [0.15, 0.2) is 0 Å². The van der Waals surface area contributed by atoms with Crippen molar-refractivity contribution in [3.63, 3.8) is 0 Å². The van der Waals surface area contributed by atoms with Gasteiger partial charge in [0.25, 0.3) is 0 Å². The number of hydrogen-bond donors (Lipinski definition) is 1. The minimum absolute atomic E-state index is 0.694. The van der Waals surface area contributed by atoms with Gasteiger partial charge in [-0.3, -0.25) is 4.79 Å². The first-order valence-electron chi connectivity index (χ1n) is 7.05. The molecular weight excluding hydrogens is 252 g/mol. The standard InChI is InChI=1S/C16H18N2O2/c19-15(20)16(7-2-1-3-8-16)13-5-4-6-14(11-13)18-10-9-17-12-18/h4-6,9-12H,1-3,7-8H2,(H,19,20). The first-order chi connectivity index (χ1) is 9.72. The molecular formula is C16H18N2O2. The summed E-state index contributed by atoms with van der Waals surface area (Å²) in [4.78, 5) is 15.9. The normalized spacial score (nSPS) is 17.8. The summed E-state index contributed by atoms with van der Waals surface area (Å²) in [6, 6.07) is 7.84. The van der Waals surface area contributed by atoms with Gasteiger partial charge in [-0.25, -0.2) is 4.98 Å². The summed E-state index contributed by atoms with van der Waals surface area (Å²) in [6.07, 6.45) is 9.89. The number of nitrogens with zero attached hydrogens (tertiary/aromatic N) is 2. The Hall–Kier alpha value is -2.10. The fourth-order valence-corrected chi connectivity index (χ4v) is 3.16. The van der Waals surface area contributed by atoms with Crippen LogP contribution in [-0.4, -0.2) is 20.6 Å². The third-order valence-corrected chi connectivity index (χ3v) is 4.32. The van der Waals surface area contributed by atoms with Gasteiger partial charge in [-0.2, -0.15) is 0 Å². The van der Waals surface area contributed by atoms with Gasteiger partial charge in [0.2, 0.25) is 0 Å². The molecule has 0 aliphatic heterocycles. The number of aromatic nitrogens is 2. The number of carbonyl (C=O) groups is 1. The predicted molar refractivity (Wildman–Crippen MR) is 76.0 cm³/mol. The Morgan fingerprint density at radius 3 is 2.70 bits per heavy atom. The van der Waals surface area contributed by atoms with E-state index in [1.807, 2.05) is 35.0 Å². The van der Waals surface area contributed by atoms with Crippen molar-refractivity contribution in [1.82, 2.24) is 9.55 Å². The van der Waals surface area contributed by atoms with Gasteiger partial charge >= 0.3 is 5.97 Å². The molecule has 0 amide bonds. The number of aliphatic carboxylic acids is 1. The number of rotatable bonds is 3. The highest BCUT2D eigenvalue weighted by Gasteiger charge is 2.41. The topological polar surface area (TPSA) is 55.1 Å². The smallest absolute Gasteiger partial charge is 0.314 e. The number of benzene rings is 1. The Labute approximate surface area is 118 Å². The molecule has 1 aromatic heterocycles. The molecule has 20 heavy (non-hydrogen) atoms. The van der Waals surface area contributed by atoms with Crippen molar-refractivity contribution >= 4 is 5.97 Å². The second-order valence-electron chi connectivity index (χ2n) is 5.47. The van der Waals surface area contributed by atoms with Crippen molar-refractivity contribution < 1.29 is 9.90 Å². The molecule has 2 aromatic rings. The van der Waals surface area contributed by atoms with Crippen molar-refractivity contribution in [2.75, 3.05) is 0 Å². The molecule has 0 atom stereocenters. The highest BCUT2D eigenvalue weighted by Crippen LogP contribution is 2.40. The molecule has 4 heteroatoms. The third kappa shape index (κ3) is 2.11. The number of carboxylic acids is 1. The van der Waals surface area contributed by atoms with E-state index in [4.69, 9.17) is 0 Å². The minimum Gasteiger partial charge on any atom is -0.481 e. The van der Waals surface area contributed by atoms with Crippen molar-refractivity contribution in [2.24, 2.45) is 0 Å². The van der Waals surface area contributed by atoms with Crippen LogP contribution < -0.4 is 0 Å². The molecule has 1 saturated carbocycles. The van der Waals surface area contributed by atoms with Crippen LogP contribution in [0, 0.1) is 0 Å². The molecule has 3 rings (SSSR count). The van der Waals surface area contributed by atoms with E-state index in [0.29, 0.717) is 0 Å². The molecule has 4 nitrogen and oxygen atoms in total. The average Bonchev–Trinajstić information content (AvgIpc) is 3.02. The van der Waals surface area contributed by atoms with Gasteiger partial charge in [0, 0.05) is 18.1 Å². The van der Waals surface area contributed by atoms with Crippen LogP contribution in [0.4, 0.5) is 0 Å². The summed E-state index contributed by atoms with van der Waals surface area (Å²) in [6.45, 7) is 0. The van der Waals surface area contributed by atoms with Crippen molar-refractivity contribution in [1.29, 1.82) is 0 Å². The zero-order valence-electron chi connectivity index (χ0n) is 11.3. The fraction of sp³-hybridized carbons (Fsp3) is 0.375. The van der Waals surface area contributed by atoms with Crippen molar-refractivity contribution in [3.05, 3.63) is 48.5 Å². The molecule has 1 aliphatic rings. The van der Waals surface area contributed by atoms with Gasteiger partial charge in [-0.1, -0.05) is 31.4 Å². The molecule has 0 radical (unpaired) electrons. The van der Waals surface area contributed by atoms with Gasteiger partial charge in [-0.15, -0.1) is 0 Å². The molecule has 1 aliphatic carbocycles. The lowest BCUT2D eigenvalue weighted by Crippen LogP contribution is -2.37. The highest BCUT2D eigenvalue weighted by molar-refractivity contribution is 5.81. The highest BCUT2D eigenvalue weighted by atomic mass is 16.4. The monoisotopic (exact) mass is 270 g/mol. The van der Waals surface area contributed by atoms with Gasteiger partial charge in [0.1, 0.15) is 0 Å². The van der Waals surface area contributed by atoms with Crippen LogP contribution in [0.15, 0.2) is 43.0 Å². The van der Waals surface area contributed by atoms with Crippen LogP contribution in [0.3, 0.4) is 0 Å². The Morgan fingerprint density at radius 2 is 2.05 bits per heavy atom. The third-order valence-electron chi connectivity index (χ3n) is 4.32. The SMILES string of the molecule is O=C(O)C1(c2cccc(-n3ccnc3)c2)CCCCC1. The van der Waals surface area contributed by atoms with E-state index >= 15 is 0 Å². The van der Waals surface area contributed by atoms with E-state index in [9.17, 15) is 9.90 Å². The van der Waals surface area contributed by atoms with Crippen LogP contribution in [0.5, 0.6) is 0 Å². The zero-order chi connectivity index (χ0) is 14.0. The summed E-state index contributed by atoms with van der Waals surface area (Å²) in [5.74, 6) is -0.694. The van der Waals surface area contributed by atoms with E-state index in [-0.39, 0.29) is 0 Å². The van der Waals surface area contributed by atoms with Crippen molar-refractivity contribution in [3.8, 4) is 5.69 Å². The summed E-state index contributed by atoms with van der Waals surface area (Å²) in [7, 11) is 0. The molecule has 1 aromatic carbocycles. The minimum atomic E-state index is -0.713. The van der Waals surface area contributed by atoms with E-state index < -0.39 is 11.4 Å². The molecule has 1 heterocycles. The van der Waals surface area contributed by atoms with Gasteiger partial charge in [0.05, 0.1) is 11.7 Å². The number of carboxylic acid groups (broad SMARTS) is 1. The fourth-order valence-electron chi connectivity index (χ4n) is 3.16. The first kappa shape index (κ1) is 12.9. The maximum Gasteiger partial charge on any atom is 0.314 e. The second kappa shape index (κ2) is 5.12. The van der Waals surface area contributed by atoms with Crippen LogP contribution in [0.1, 0.15) is 37.7 Å². The van der Waals surface area contributed by atoms with Crippen LogP contribution in [0.25, 0.3) is 5.69 Å². The molecule has 1 fully saturated rings. The van der Waals surface area contributed by atoms with Crippen LogP contribution in [-0.2, 0) is 10.2 Å². The molecule has 0 saturated heterocycles. The summed E-state index contributed by atoms with van der Waals surface area (Å²) >= 11 is 0. The molecule has 0 bridgehead atoms. The zero-order valence-corrected chi connectivity index (χ0v) is 11.3. The van der Waals surface area contributed by atoms with E-state index in [2.05, 4.69) is 4.98 Å². The van der Waals surface area contributed by atoms with E-state index in [0.717, 1.165) is 43.4 Å². The Balaban J connectivity index is 2.04. The van der Waals surface area contributed by atoms with E-state index in [1.165, 1.54) is 0 Å². The molecule has 0 unspecified atom stereocenters. The van der Waals surface area contributed by atoms with Crippen LogP contribution >= 0.6 is 0 Å². The van der Waals surface area contributed by atoms with Gasteiger partial charge < -0.3 is 9.67 Å². The lowest BCUT2D eigenvalue weighted by molar-refractivity contribution is -0.145. The summed E-state index contributed by atoms with van der Waals surface area (Å²) in [5.41, 5.74) is 1.16. The quantitative estimate of drug-likeness (QED) is 0.932.